The maximum atomic E-state index is 13.4. The summed E-state index contributed by atoms with van der Waals surface area (Å²) in [5, 5.41) is 0. The minimum absolute atomic E-state index is 0.266. The van der Waals surface area contributed by atoms with Gasteiger partial charge < -0.3 is 4.74 Å². The Morgan fingerprint density at radius 2 is 1.84 bits per heavy atom. The van der Waals surface area contributed by atoms with Crippen molar-refractivity contribution in [2.75, 3.05) is 0 Å². The van der Waals surface area contributed by atoms with Gasteiger partial charge in [-0.1, -0.05) is 44.2 Å². The van der Waals surface area contributed by atoms with Gasteiger partial charge in [0.25, 0.3) is 0 Å². The Labute approximate surface area is 121 Å². The zero-order chi connectivity index (χ0) is 13.8. The van der Waals surface area contributed by atoms with Crippen molar-refractivity contribution in [2.45, 2.75) is 26.4 Å². The molecule has 0 fully saturated rings. The molecule has 2 aromatic rings. The van der Waals surface area contributed by atoms with Gasteiger partial charge in [0.15, 0.2) is 0 Å². The Balaban J connectivity index is 2.17. The lowest BCUT2D eigenvalue weighted by atomic mass is 10.0. The van der Waals surface area contributed by atoms with Crippen molar-refractivity contribution < 1.29 is 9.13 Å². The molecule has 0 spiro atoms. The van der Waals surface area contributed by atoms with Gasteiger partial charge in [0, 0.05) is 5.56 Å². The molecule has 3 heteroatoms. The highest BCUT2D eigenvalue weighted by atomic mass is 79.9. The van der Waals surface area contributed by atoms with Crippen molar-refractivity contribution in [3.05, 3.63) is 63.9 Å². The third-order valence-corrected chi connectivity index (χ3v) is 3.84. The molecule has 0 saturated carbocycles. The normalized spacial score (nSPS) is 10.8. The predicted molar refractivity (Wildman–Crippen MR) is 79.0 cm³/mol. The monoisotopic (exact) mass is 322 g/mol. The van der Waals surface area contributed by atoms with Crippen molar-refractivity contribution >= 4 is 15.9 Å². The molecule has 0 saturated heterocycles. The average Bonchev–Trinajstić information content (AvgIpc) is 2.40. The van der Waals surface area contributed by atoms with Crippen LogP contribution in [0.15, 0.2) is 46.9 Å². The summed E-state index contributed by atoms with van der Waals surface area (Å²) >= 11 is 3.25. The van der Waals surface area contributed by atoms with Crippen molar-refractivity contribution in [1.29, 1.82) is 0 Å². The highest BCUT2D eigenvalue weighted by Gasteiger charge is 2.09. The molecule has 0 amide bonds. The minimum Gasteiger partial charge on any atom is -0.489 e. The number of rotatable bonds is 4. The number of benzene rings is 2. The summed E-state index contributed by atoms with van der Waals surface area (Å²) in [5.74, 6) is 0.985. The SMILES string of the molecule is CC(C)c1ccccc1OCc1cccc(F)c1Br. The molecule has 0 radical (unpaired) electrons. The van der Waals surface area contributed by atoms with Gasteiger partial charge >= 0.3 is 0 Å². The Bertz CT molecular complexity index is 566. The molecule has 0 aliphatic heterocycles. The van der Waals surface area contributed by atoms with E-state index >= 15 is 0 Å². The summed E-state index contributed by atoms with van der Waals surface area (Å²) in [6, 6.07) is 12.9. The zero-order valence-electron chi connectivity index (χ0n) is 11.0. The molecular weight excluding hydrogens is 307 g/mol. The van der Waals surface area contributed by atoms with Crippen LogP contribution in [0.3, 0.4) is 0 Å². The second-order valence-corrected chi connectivity index (χ2v) is 5.49. The summed E-state index contributed by atoms with van der Waals surface area (Å²) in [6.07, 6.45) is 0. The average molecular weight is 323 g/mol. The van der Waals surface area contributed by atoms with Crippen LogP contribution in [-0.4, -0.2) is 0 Å². The van der Waals surface area contributed by atoms with E-state index in [4.69, 9.17) is 4.74 Å². The van der Waals surface area contributed by atoms with Gasteiger partial charge in [-0.3, -0.25) is 0 Å². The fourth-order valence-corrected chi connectivity index (χ4v) is 2.28. The Morgan fingerprint density at radius 3 is 2.58 bits per heavy atom. The molecule has 100 valence electrons. The van der Waals surface area contributed by atoms with Gasteiger partial charge in [-0.05, 0) is 39.5 Å². The summed E-state index contributed by atoms with van der Waals surface area (Å²) in [4.78, 5) is 0. The van der Waals surface area contributed by atoms with Crippen LogP contribution in [0.25, 0.3) is 0 Å². The molecular formula is C16H16BrFO. The van der Waals surface area contributed by atoms with Gasteiger partial charge in [-0.25, -0.2) is 4.39 Å². The van der Waals surface area contributed by atoms with E-state index < -0.39 is 0 Å². The third-order valence-electron chi connectivity index (χ3n) is 2.96. The first-order valence-corrected chi connectivity index (χ1v) is 7.03. The van der Waals surface area contributed by atoms with Crippen molar-refractivity contribution in [3.8, 4) is 5.75 Å². The number of para-hydroxylation sites is 1. The highest BCUT2D eigenvalue weighted by molar-refractivity contribution is 9.10. The topological polar surface area (TPSA) is 9.23 Å². The van der Waals surface area contributed by atoms with Crippen LogP contribution >= 0.6 is 15.9 Å². The molecule has 0 aliphatic rings. The lowest BCUT2D eigenvalue weighted by Crippen LogP contribution is -2.01. The molecule has 0 bridgehead atoms. The van der Waals surface area contributed by atoms with Crippen molar-refractivity contribution in [3.63, 3.8) is 0 Å². The number of hydrogen-bond donors (Lipinski definition) is 0. The Kier molecular flexibility index (Phi) is 4.59. The van der Waals surface area contributed by atoms with Crippen LogP contribution in [0.1, 0.15) is 30.9 Å². The lowest BCUT2D eigenvalue weighted by Gasteiger charge is -2.14. The van der Waals surface area contributed by atoms with E-state index in [9.17, 15) is 4.39 Å². The first-order valence-electron chi connectivity index (χ1n) is 6.24. The smallest absolute Gasteiger partial charge is 0.137 e. The largest absolute Gasteiger partial charge is 0.489 e. The highest BCUT2D eigenvalue weighted by Crippen LogP contribution is 2.28. The Morgan fingerprint density at radius 1 is 1.11 bits per heavy atom. The summed E-state index contributed by atoms with van der Waals surface area (Å²) in [6.45, 7) is 4.60. The summed E-state index contributed by atoms with van der Waals surface area (Å²) < 4.78 is 19.7. The van der Waals surface area contributed by atoms with Crippen LogP contribution < -0.4 is 4.74 Å². The second kappa shape index (κ2) is 6.20. The minimum atomic E-state index is -0.266. The van der Waals surface area contributed by atoms with Crippen LogP contribution in [0, 0.1) is 5.82 Å². The van der Waals surface area contributed by atoms with Gasteiger partial charge in [-0.2, -0.15) is 0 Å². The lowest BCUT2D eigenvalue weighted by molar-refractivity contribution is 0.300. The molecule has 0 atom stereocenters. The van der Waals surface area contributed by atoms with E-state index in [2.05, 4.69) is 35.8 Å². The third kappa shape index (κ3) is 3.35. The number of halogens is 2. The van der Waals surface area contributed by atoms with E-state index in [1.165, 1.54) is 6.07 Å². The second-order valence-electron chi connectivity index (χ2n) is 4.69. The quantitative estimate of drug-likeness (QED) is 0.743. The molecule has 0 aromatic heterocycles. The van der Waals surface area contributed by atoms with Crippen LogP contribution in [-0.2, 0) is 6.61 Å². The fraction of sp³-hybridized carbons (Fsp3) is 0.250. The zero-order valence-corrected chi connectivity index (χ0v) is 12.6. The molecule has 0 aliphatic carbocycles. The Hall–Kier alpha value is -1.35. The maximum Gasteiger partial charge on any atom is 0.137 e. The van der Waals surface area contributed by atoms with Crippen LogP contribution in [0.4, 0.5) is 4.39 Å². The van der Waals surface area contributed by atoms with Crippen molar-refractivity contribution in [2.24, 2.45) is 0 Å². The fourth-order valence-electron chi connectivity index (χ4n) is 1.90. The van der Waals surface area contributed by atoms with Gasteiger partial charge in [0.2, 0.25) is 0 Å². The molecule has 2 rings (SSSR count). The number of hydrogen-bond acceptors (Lipinski definition) is 1. The molecule has 19 heavy (non-hydrogen) atoms. The molecule has 0 heterocycles. The molecule has 1 nitrogen and oxygen atoms in total. The van der Waals surface area contributed by atoms with Crippen LogP contribution in [0.5, 0.6) is 5.75 Å². The molecule has 0 N–H and O–H groups in total. The van der Waals surface area contributed by atoms with E-state index in [-0.39, 0.29) is 5.82 Å². The van der Waals surface area contributed by atoms with Gasteiger partial charge in [0.1, 0.15) is 18.2 Å². The summed E-state index contributed by atoms with van der Waals surface area (Å²) in [5.41, 5.74) is 1.97. The standard InChI is InChI=1S/C16H16BrFO/c1-11(2)13-7-3-4-9-15(13)19-10-12-6-5-8-14(18)16(12)17/h3-9,11H,10H2,1-2H3. The maximum absolute atomic E-state index is 13.4. The first-order chi connectivity index (χ1) is 9.09. The van der Waals surface area contributed by atoms with E-state index in [0.717, 1.165) is 16.9 Å². The predicted octanol–water partition coefficient (Wildman–Crippen LogP) is 5.29. The molecule has 0 unspecified atom stereocenters. The van der Waals surface area contributed by atoms with Gasteiger partial charge in [0.05, 0.1) is 4.47 Å². The summed E-state index contributed by atoms with van der Waals surface area (Å²) in [7, 11) is 0. The van der Waals surface area contributed by atoms with Gasteiger partial charge in [-0.15, -0.1) is 0 Å². The van der Waals surface area contributed by atoms with E-state index in [1.54, 1.807) is 6.07 Å². The van der Waals surface area contributed by atoms with Crippen molar-refractivity contribution in [1.82, 2.24) is 0 Å². The van der Waals surface area contributed by atoms with E-state index in [1.807, 2.05) is 24.3 Å². The number of ether oxygens (including phenoxy) is 1. The first kappa shape index (κ1) is 14.1. The molecule has 2 aromatic carbocycles. The van der Waals surface area contributed by atoms with Crippen LogP contribution in [0.2, 0.25) is 0 Å². The van der Waals surface area contributed by atoms with E-state index in [0.29, 0.717) is 17.0 Å².